The molecule has 2 aromatic heterocycles. The molecule has 0 radical (unpaired) electrons. The summed E-state index contributed by atoms with van der Waals surface area (Å²) >= 11 is 2.90. The van der Waals surface area contributed by atoms with E-state index in [-0.39, 0.29) is 9.62 Å². The third-order valence-electron chi connectivity index (χ3n) is 2.57. The highest BCUT2D eigenvalue weighted by atomic mass is 35.7. The zero-order valence-corrected chi connectivity index (χ0v) is 12.5. The molecule has 0 aliphatic carbocycles. The van der Waals surface area contributed by atoms with Crippen LogP contribution in [0.4, 0.5) is 0 Å². The van der Waals surface area contributed by atoms with Crippen LogP contribution in [0.5, 0.6) is 0 Å². The molecule has 0 aliphatic rings. The minimum Gasteiger partial charge on any atom is -0.206 e. The van der Waals surface area contributed by atoms with Gasteiger partial charge in [0, 0.05) is 25.9 Å². The van der Waals surface area contributed by atoms with Gasteiger partial charge in [-0.25, -0.2) is 8.42 Å². The number of rotatable bonds is 3. The highest BCUT2D eigenvalue weighted by Crippen LogP contribution is 2.39. The lowest BCUT2D eigenvalue weighted by Crippen LogP contribution is -2.15. The van der Waals surface area contributed by atoms with Crippen molar-refractivity contribution >= 4 is 42.4 Å². The normalized spacial score (nSPS) is 12.9. The molecular formula is C11H11ClO2S3. The Hall–Kier alpha value is -0.360. The van der Waals surface area contributed by atoms with Gasteiger partial charge in [0.05, 0.1) is 0 Å². The van der Waals surface area contributed by atoms with Crippen LogP contribution in [-0.2, 0) is 14.5 Å². The molecule has 0 bridgehead atoms. The van der Waals surface area contributed by atoms with Crippen LogP contribution in [0.15, 0.2) is 33.9 Å². The fraction of sp³-hybridized carbons (Fsp3) is 0.273. The lowest BCUT2D eigenvalue weighted by Gasteiger charge is -2.21. The molecule has 0 N–H and O–H groups in total. The highest BCUT2D eigenvalue weighted by molar-refractivity contribution is 8.15. The van der Waals surface area contributed by atoms with E-state index in [1.807, 2.05) is 17.5 Å². The highest BCUT2D eigenvalue weighted by Gasteiger charge is 2.27. The Morgan fingerprint density at radius 1 is 1.18 bits per heavy atom. The minimum absolute atomic E-state index is 0.182. The summed E-state index contributed by atoms with van der Waals surface area (Å²) in [6.07, 6.45) is 0. The van der Waals surface area contributed by atoms with Gasteiger partial charge < -0.3 is 0 Å². The van der Waals surface area contributed by atoms with Gasteiger partial charge in [0.25, 0.3) is 9.05 Å². The van der Waals surface area contributed by atoms with Crippen molar-refractivity contribution in [2.45, 2.75) is 23.5 Å². The van der Waals surface area contributed by atoms with Gasteiger partial charge in [0.1, 0.15) is 4.21 Å². The van der Waals surface area contributed by atoms with Crippen LogP contribution in [0.2, 0.25) is 0 Å². The molecule has 6 heteroatoms. The molecule has 0 saturated carbocycles. The van der Waals surface area contributed by atoms with Crippen LogP contribution in [0, 0.1) is 0 Å². The molecule has 0 spiro atoms. The summed E-state index contributed by atoms with van der Waals surface area (Å²) < 4.78 is 22.7. The molecule has 0 amide bonds. The fourth-order valence-corrected chi connectivity index (χ4v) is 4.66. The lowest BCUT2D eigenvalue weighted by atomic mass is 9.90. The van der Waals surface area contributed by atoms with Crippen molar-refractivity contribution in [3.05, 3.63) is 39.4 Å². The van der Waals surface area contributed by atoms with Gasteiger partial charge in [-0.15, -0.1) is 22.7 Å². The van der Waals surface area contributed by atoms with Crippen molar-refractivity contribution < 1.29 is 8.42 Å². The molecule has 92 valence electrons. The molecule has 0 aliphatic heterocycles. The van der Waals surface area contributed by atoms with Gasteiger partial charge in [-0.1, -0.05) is 19.9 Å². The van der Waals surface area contributed by atoms with Crippen LogP contribution in [0.1, 0.15) is 23.6 Å². The average molecular weight is 307 g/mol. The zero-order valence-electron chi connectivity index (χ0n) is 9.31. The smallest absolute Gasteiger partial charge is 0.206 e. The quantitative estimate of drug-likeness (QED) is 0.801. The Morgan fingerprint density at radius 2 is 1.88 bits per heavy atom. The standard InChI is InChI=1S/C11H11ClO2S3/c1-11(2,8-4-3-7-15-8)9-5-6-10(16-9)17(12,13)14/h3-7H,1-2H3. The molecule has 17 heavy (non-hydrogen) atoms. The SMILES string of the molecule is CC(C)(c1cccs1)c1ccc(S(=O)(=O)Cl)s1. The number of hydrogen-bond acceptors (Lipinski definition) is 4. The first kappa shape index (κ1) is 13.1. The molecule has 0 saturated heterocycles. The van der Waals surface area contributed by atoms with Crippen molar-refractivity contribution in [1.82, 2.24) is 0 Å². The Kier molecular flexibility index (Phi) is 3.38. The molecule has 0 fully saturated rings. The zero-order chi connectivity index (χ0) is 12.7. The van der Waals surface area contributed by atoms with Crippen molar-refractivity contribution in [3.8, 4) is 0 Å². The Labute approximate surface area is 113 Å². The van der Waals surface area contributed by atoms with Gasteiger partial charge in [0.2, 0.25) is 0 Å². The van der Waals surface area contributed by atoms with E-state index in [0.717, 1.165) is 4.88 Å². The van der Waals surface area contributed by atoms with Crippen LogP contribution in [0.25, 0.3) is 0 Å². The number of thiophene rings is 2. The first-order valence-corrected chi connectivity index (χ1v) is 8.91. The first-order chi connectivity index (χ1) is 7.82. The monoisotopic (exact) mass is 306 g/mol. The maximum absolute atomic E-state index is 11.2. The van der Waals surface area contributed by atoms with Crippen LogP contribution >= 0.6 is 33.4 Å². The number of halogens is 1. The van der Waals surface area contributed by atoms with Gasteiger partial charge in [-0.05, 0) is 23.6 Å². The summed E-state index contributed by atoms with van der Waals surface area (Å²) in [5, 5.41) is 2.02. The Morgan fingerprint density at radius 3 is 2.35 bits per heavy atom. The van der Waals surface area contributed by atoms with Crippen molar-refractivity contribution in [1.29, 1.82) is 0 Å². The van der Waals surface area contributed by atoms with E-state index >= 15 is 0 Å². The molecule has 2 heterocycles. The summed E-state index contributed by atoms with van der Waals surface area (Å²) in [7, 11) is 1.72. The number of hydrogen-bond donors (Lipinski definition) is 0. The molecule has 0 atom stereocenters. The van der Waals surface area contributed by atoms with Crippen LogP contribution in [0.3, 0.4) is 0 Å². The maximum Gasteiger partial charge on any atom is 0.270 e. The second kappa shape index (κ2) is 4.39. The van der Waals surface area contributed by atoms with Gasteiger partial charge in [0.15, 0.2) is 0 Å². The molecule has 0 aromatic carbocycles. The van der Waals surface area contributed by atoms with E-state index in [0.29, 0.717) is 0 Å². The van der Waals surface area contributed by atoms with Gasteiger partial charge in [-0.2, -0.15) is 0 Å². The summed E-state index contributed by atoms with van der Waals surface area (Å²) in [6.45, 7) is 4.16. The van der Waals surface area contributed by atoms with Crippen molar-refractivity contribution in [3.63, 3.8) is 0 Å². The van der Waals surface area contributed by atoms with E-state index in [1.54, 1.807) is 17.4 Å². The van der Waals surface area contributed by atoms with Gasteiger partial charge >= 0.3 is 0 Å². The fourth-order valence-electron chi connectivity index (χ4n) is 1.54. The van der Waals surface area contributed by atoms with Crippen molar-refractivity contribution in [2.24, 2.45) is 0 Å². The predicted octanol–water partition coefficient (Wildman–Crippen LogP) is 4.06. The third kappa shape index (κ3) is 2.57. The molecule has 0 unspecified atom stereocenters. The van der Waals surface area contributed by atoms with E-state index in [9.17, 15) is 8.42 Å². The minimum atomic E-state index is -3.62. The van der Waals surface area contributed by atoms with Crippen LogP contribution in [-0.4, -0.2) is 8.42 Å². The second-order valence-electron chi connectivity index (χ2n) is 4.16. The summed E-state index contributed by atoms with van der Waals surface area (Å²) in [6, 6.07) is 7.45. The Balaban J connectivity index is 2.45. The summed E-state index contributed by atoms with van der Waals surface area (Å²) in [4.78, 5) is 2.21. The maximum atomic E-state index is 11.2. The molecular weight excluding hydrogens is 296 g/mol. The largest absolute Gasteiger partial charge is 0.270 e. The lowest BCUT2D eigenvalue weighted by molar-refractivity contribution is 0.611. The van der Waals surface area contributed by atoms with Gasteiger partial charge in [-0.3, -0.25) is 0 Å². The molecule has 2 aromatic rings. The second-order valence-corrected chi connectivity index (χ2v) is 8.98. The summed E-state index contributed by atoms with van der Waals surface area (Å²) in [5.74, 6) is 0. The van der Waals surface area contributed by atoms with Crippen molar-refractivity contribution in [2.75, 3.05) is 0 Å². The van der Waals surface area contributed by atoms with E-state index in [4.69, 9.17) is 10.7 Å². The summed E-state index contributed by atoms with van der Waals surface area (Å²) in [5.41, 5.74) is -0.182. The van der Waals surface area contributed by atoms with E-state index < -0.39 is 9.05 Å². The predicted molar refractivity (Wildman–Crippen MR) is 73.8 cm³/mol. The molecule has 2 nitrogen and oxygen atoms in total. The van der Waals surface area contributed by atoms with Crippen LogP contribution < -0.4 is 0 Å². The topological polar surface area (TPSA) is 34.1 Å². The average Bonchev–Trinajstić information content (AvgIpc) is 2.89. The molecule has 2 rings (SSSR count). The van der Waals surface area contributed by atoms with E-state index in [2.05, 4.69) is 19.9 Å². The third-order valence-corrected chi connectivity index (χ3v) is 7.27. The Bertz CT molecular complexity index is 609. The first-order valence-electron chi connectivity index (χ1n) is 4.91. The van der Waals surface area contributed by atoms with E-state index in [1.165, 1.54) is 16.2 Å².